The van der Waals surface area contributed by atoms with Crippen molar-refractivity contribution in [2.24, 2.45) is 0 Å². The largest absolute Gasteiger partial charge is 0.497 e. The number of methoxy groups -OCH3 is 1. The highest BCUT2D eigenvalue weighted by Gasteiger charge is 2.16. The fraction of sp³-hybridized carbons (Fsp3) is 0.333. The monoisotopic (exact) mass is 282 g/mol. The molecule has 2 aromatic rings. The van der Waals surface area contributed by atoms with Crippen LogP contribution in [0.3, 0.4) is 0 Å². The molecule has 0 saturated heterocycles. The van der Waals surface area contributed by atoms with Crippen molar-refractivity contribution in [2.75, 3.05) is 25.9 Å². The second-order valence-electron chi connectivity index (χ2n) is 5.65. The van der Waals surface area contributed by atoms with Gasteiger partial charge in [0.2, 0.25) is 0 Å². The van der Waals surface area contributed by atoms with Gasteiger partial charge in [0.25, 0.3) is 0 Å². The minimum Gasteiger partial charge on any atom is -0.497 e. The molecular formula is C18H22N2O. The van der Waals surface area contributed by atoms with Crippen molar-refractivity contribution < 1.29 is 4.74 Å². The Balaban J connectivity index is 1.62. The van der Waals surface area contributed by atoms with Crippen LogP contribution in [0.2, 0.25) is 0 Å². The third-order valence-electron chi connectivity index (χ3n) is 4.20. The highest BCUT2D eigenvalue weighted by molar-refractivity contribution is 5.39. The van der Waals surface area contributed by atoms with Gasteiger partial charge < -0.3 is 10.5 Å². The highest BCUT2D eigenvalue weighted by Crippen LogP contribution is 2.23. The van der Waals surface area contributed by atoms with Crippen molar-refractivity contribution in [1.82, 2.24) is 4.90 Å². The third kappa shape index (κ3) is 3.37. The number of ether oxygens (including phenoxy) is 1. The molecule has 3 rings (SSSR count). The van der Waals surface area contributed by atoms with Crippen molar-refractivity contribution in [3.8, 4) is 5.75 Å². The number of anilines is 1. The van der Waals surface area contributed by atoms with E-state index in [1.54, 1.807) is 7.11 Å². The minimum atomic E-state index is 0.831. The molecule has 1 aliphatic rings. The van der Waals surface area contributed by atoms with Gasteiger partial charge in [0.1, 0.15) is 5.75 Å². The summed E-state index contributed by atoms with van der Waals surface area (Å²) in [6.07, 6.45) is 2.20. The van der Waals surface area contributed by atoms with Gasteiger partial charge in [-0.15, -0.1) is 0 Å². The number of fused-ring (bicyclic) bond motifs is 1. The highest BCUT2D eigenvalue weighted by atomic mass is 16.5. The molecule has 1 heterocycles. The van der Waals surface area contributed by atoms with Gasteiger partial charge >= 0.3 is 0 Å². The van der Waals surface area contributed by atoms with Gasteiger partial charge in [-0.3, -0.25) is 4.90 Å². The standard InChI is InChI=1S/C18H22N2O/c1-21-18-7-4-15-9-11-20(13-16(15)12-18)10-8-14-2-5-17(19)6-3-14/h2-7,12H,8-11,13,19H2,1H3. The molecule has 1 aliphatic heterocycles. The lowest BCUT2D eigenvalue weighted by molar-refractivity contribution is 0.256. The Morgan fingerprint density at radius 2 is 1.90 bits per heavy atom. The summed E-state index contributed by atoms with van der Waals surface area (Å²) in [6.45, 7) is 3.23. The van der Waals surface area contributed by atoms with Gasteiger partial charge in [0.15, 0.2) is 0 Å². The Morgan fingerprint density at radius 1 is 1.10 bits per heavy atom. The van der Waals surface area contributed by atoms with Crippen molar-refractivity contribution in [3.63, 3.8) is 0 Å². The van der Waals surface area contributed by atoms with Crippen LogP contribution < -0.4 is 10.5 Å². The summed E-state index contributed by atoms with van der Waals surface area (Å²) in [4.78, 5) is 2.51. The van der Waals surface area contributed by atoms with E-state index in [1.165, 1.54) is 16.7 Å². The summed E-state index contributed by atoms with van der Waals surface area (Å²) in [5.41, 5.74) is 10.8. The summed E-state index contributed by atoms with van der Waals surface area (Å²) in [5, 5.41) is 0. The van der Waals surface area contributed by atoms with E-state index in [0.29, 0.717) is 0 Å². The Bertz CT molecular complexity index is 607. The molecule has 0 unspecified atom stereocenters. The maximum Gasteiger partial charge on any atom is 0.119 e. The predicted molar refractivity (Wildman–Crippen MR) is 86.5 cm³/mol. The average Bonchev–Trinajstić information content (AvgIpc) is 2.53. The molecule has 3 heteroatoms. The number of nitrogen functional groups attached to an aromatic ring is 1. The lowest BCUT2D eigenvalue weighted by atomic mass is 9.99. The van der Waals surface area contributed by atoms with Crippen LogP contribution in [0.1, 0.15) is 16.7 Å². The topological polar surface area (TPSA) is 38.5 Å². The Morgan fingerprint density at radius 3 is 2.67 bits per heavy atom. The van der Waals surface area contributed by atoms with Gasteiger partial charge in [-0.05, 0) is 53.8 Å². The number of nitrogens with two attached hydrogens (primary N) is 1. The van der Waals surface area contributed by atoms with E-state index in [-0.39, 0.29) is 0 Å². The molecule has 0 spiro atoms. The minimum absolute atomic E-state index is 0.831. The van der Waals surface area contributed by atoms with Gasteiger partial charge in [-0.25, -0.2) is 0 Å². The van der Waals surface area contributed by atoms with Crippen molar-refractivity contribution in [2.45, 2.75) is 19.4 Å². The Hall–Kier alpha value is -2.00. The normalized spacial score (nSPS) is 14.7. The molecule has 21 heavy (non-hydrogen) atoms. The Labute approximate surface area is 126 Å². The number of rotatable bonds is 4. The summed E-state index contributed by atoms with van der Waals surface area (Å²) in [7, 11) is 1.73. The fourth-order valence-corrected chi connectivity index (χ4v) is 2.88. The molecule has 110 valence electrons. The molecule has 0 amide bonds. The number of hydrogen-bond donors (Lipinski definition) is 1. The summed E-state index contributed by atoms with van der Waals surface area (Å²) in [6, 6.07) is 14.6. The molecule has 0 atom stereocenters. The van der Waals surface area contributed by atoms with E-state index in [9.17, 15) is 0 Å². The average molecular weight is 282 g/mol. The molecule has 0 aliphatic carbocycles. The first-order chi connectivity index (χ1) is 10.2. The van der Waals surface area contributed by atoms with E-state index >= 15 is 0 Å². The first kappa shape index (κ1) is 14.0. The van der Waals surface area contributed by atoms with E-state index in [0.717, 1.165) is 43.9 Å². The smallest absolute Gasteiger partial charge is 0.119 e. The van der Waals surface area contributed by atoms with Crippen molar-refractivity contribution in [1.29, 1.82) is 0 Å². The van der Waals surface area contributed by atoms with E-state index in [4.69, 9.17) is 10.5 Å². The number of benzene rings is 2. The van der Waals surface area contributed by atoms with Gasteiger partial charge in [0.05, 0.1) is 7.11 Å². The number of nitrogens with zero attached hydrogens (tertiary/aromatic N) is 1. The van der Waals surface area contributed by atoms with E-state index in [1.807, 2.05) is 12.1 Å². The second kappa shape index (κ2) is 6.19. The van der Waals surface area contributed by atoms with Crippen LogP contribution in [0.15, 0.2) is 42.5 Å². The molecule has 2 N–H and O–H groups in total. The maximum absolute atomic E-state index is 5.72. The Kier molecular flexibility index (Phi) is 4.11. The van der Waals surface area contributed by atoms with E-state index in [2.05, 4.69) is 35.2 Å². The zero-order valence-electron chi connectivity index (χ0n) is 12.5. The van der Waals surface area contributed by atoms with Crippen LogP contribution >= 0.6 is 0 Å². The maximum atomic E-state index is 5.72. The molecule has 0 saturated carbocycles. The molecule has 0 bridgehead atoms. The molecule has 0 fully saturated rings. The van der Waals surface area contributed by atoms with Crippen LogP contribution in [0.4, 0.5) is 5.69 Å². The molecule has 0 aromatic heterocycles. The van der Waals surface area contributed by atoms with Crippen LogP contribution in [0.5, 0.6) is 5.75 Å². The van der Waals surface area contributed by atoms with Crippen LogP contribution in [-0.4, -0.2) is 25.1 Å². The van der Waals surface area contributed by atoms with Crippen LogP contribution in [-0.2, 0) is 19.4 Å². The lowest BCUT2D eigenvalue weighted by Crippen LogP contribution is -2.32. The molecule has 0 radical (unpaired) electrons. The predicted octanol–water partition coefficient (Wildman–Crippen LogP) is 2.88. The van der Waals surface area contributed by atoms with E-state index < -0.39 is 0 Å². The SMILES string of the molecule is COc1ccc2c(c1)CN(CCc1ccc(N)cc1)CC2. The van der Waals surface area contributed by atoms with Crippen LogP contribution in [0, 0.1) is 0 Å². The first-order valence-electron chi connectivity index (χ1n) is 7.47. The lowest BCUT2D eigenvalue weighted by Gasteiger charge is -2.29. The van der Waals surface area contributed by atoms with Crippen molar-refractivity contribution in [3.05, 3.63) is 59.2 Å². The summed E-state index contributed by atoms with van der Waals surface area (Å²) >= 11 is 0. The van der Waals surface area contributed by atoms with Crippen molar-refractivity contribution >= 4 is 5.69 Å². The zero-order chi connectivity index (χ0) is 14.7. The molecule has 3 nitrogen and oxygen atoms in total. The second-order valence-corrected chi connectivity index (χ2v) is 5.65. The zero-order valence-corrected chi connectivity index (χ0v) is 12.5. The summed E-state index contributed by atoms with van der Waals surface area (Å²) < 4.78 is 5.33. The van der Waals surface area contributed by atoms with Crippen LogP contribution in [0.25, 0.3) is 0 Å². The molecule has 2 aromatic carbocycles. The number of hydrogen-bond acceptors (Lipinski definition) is 3. The first-order valence-corrected chi connectivity index (χ1v) is 7.47. The molecular weight excluding hydrogens is 260 g/mol. The fourth-order valence-electron chi connectivity index (χ4n) is 2.88. The van der Waals surface area contributed by atoms with Gasteiger partial charge in [-0.1, -0.05) is 18.2 Å². The van der Waals surface area contributed by atoms with Gasteiger partial charge in [0, 0.05) is 25.3 Å². The van der Waals surface area contributed by atoms with Gasteiger partial charge in [-0.2, -0.15) is 0 Å². The third-order valence-corrected chi connectivity index (χ3v) is 4.20. The summed E-state index contributed by atoms with van der Waals surface area (Å²) in [5.74, 6) is 0.953. The quantitative estimate of drug-likeness (QED) is 0.876.